The number of rotatable bonds is 2. The lowest BCUT2D eigenvalue weighted by Crippen LogP contribution is -1.85. The first-order valence-electron chi connectivity index (χ1n) is 5.80. The molecule has 94 valence electrons. The molecular formula is C15H10ClFN2. The highest BCUT2D eigenvalue weighted by Crippen LogP contribution is 2.24. The summed E-state index contributed by atoms with van der Waals surface area (Å²) in [4.78, 5) is 7.33. The lowest BCUT2D eigenvalue weighted by Gasteiger charge is -1.99. The maximum Gasteiger partial charge on any atom is 0.140 e. The molecule has 0 aliphatic heterocycles. The molecule has 0 amide bonds. The van der Waals surface area contributed by atoms with Crippen LogP contribution in [0.3, 0.4) is 0 Å². The van der Waals surface area contributed by atoms with Gasteiger partial charge in [-0.2, -0.15) is 0 Å². The Kier molecular flexibility index (Phi) is 3.05. The average molecular weight is 273 g/mol. The van der Waals surface area contributed by atoms with Crippen LogP contribution in [0.1, 0.15) is 0 Å². The highest BCUT2D eigenvalue weighted by atomic mass is 35.5. The van der Waals surface area contributed by atoms with Gasteiger partial charge in [-0.3, -0.25) is 0 Å². The van der Waals surface area contributed by atoms with E-state index in [-0.39, 0.29) is 5.82 Å². The summed E-state index contributed by atoms with van der Waals surface area (Å²) in [6.07, 6.45) is 1.69. The quantitative estimate of drug-likeness (QED) is 0.729. The van der Waals surface area contributed by atoms with E-state index in [0.29, 0.717) is 16.4 Å². The van der Waals surface area contributed by atoms with Gasteiger partial charge in [0, 0.05) is 5.02 Å². The van der Waals surface area contributed by atoms with Gasteiger partial charge in [-0.05, 0) is 29.8 Å². The predicted molar refractivity (Wildman–Crippen MR) is 74.4 cm³/mol. The number of aromatic amines is 1. The van der Waals surface area contributed by atoms with Gasteiger partial charge in [-0.15, -0.1) is 0 Å². The van der Waals surface area contributed by atoms with Crippen LogP contribution in [0.5, 0.6) is 0 Å². The Balaban J connectivity index is 2.00. The second-order valence-electron chi connectivity index (χ2n) is 4.13. The number of hydrogen-bond acceptors (Lipinski definition) is 1. The van der Waals surface area contributed by atoms with Crippen LogP contribution in [0.15, 0.2) is 54.7 Å². The largest absolute Gasteiger partial charge is 0.338 e. The molecular weight excluding hydrogens is 263 g/mol. The van der Waals surface area contributed by atoms with E-state index >= 15 is 0 Å². The molecule has 0 bridgehead atoms. The zero-order chi connectivity index (χ0) is 13.2. The van der Waals surface area contributed by atoms with E-state index in [4.69, 9.17) is 11.6 Å². The van der Waals surface area contributed by atoms with Crippen LogP contribution in [0.2, 0.25) is 5.02 Å². The lowest BCUT2D eigenvalue weighted by molar-refractivity contribution is 0.630. The Morgan fingerprint density at radius 1 is 1.00 bits per heavy atom. The number of halogens is 2. The Morgan fingerprint density at radius 3 is 2.47 bits per heavy atom. The smallest absolute Gasteiger partial charge is 0.140 e. The maximum atomic E-state index is 13.7. The molecule has 0 atom stereocenters. The SMILES string of the molecule is Fc1ccccc1-c1ncc(-c2ccc(Cl)cc2)[nH]1. The molecule has 0 unspecified atom stereocenters. The van der Waals surface area contributed by atoms with Crippen molar-refractivity contribution in [2.24, 2.45) is 0 Å². The van der Waals surface area contributed by atoms with Crippen molar-refractivity contribution in [1.82, 2.24) is 9.97 Å². The third kappa shape index (κ3) is 2.37. The molecule has 4 heteroatoms. The molecule has 0 saturated heterocycles. The minimum atomic E-state index is -0.292. The first kappa shape index (κ1) is 11.9. The van der Waals surface area contributed by atoms with Gasteiger partial charge in [0.15, 0.2) is 0 Å². The lowest BCUT2D eigenvalue weighted by atomic mass is 10.2. The minimum Gasteiger partial charge on any atom is -0.338 e. The highest BCUT2D eigenvalue weighted by molar-refractivity contribution is 6.30. The molecule has 1 aromatic heterocycles. The zero-order valence-corrected chi connectivity index (χ0v) is 10.7. The van der Waals surface area contributed by atoms with Crippen molar-refractivity contribution in [1.29, 1.82) is 0 Å². The van der Waals surface area contributed by atoms with E-state index in [2.05, 4.69) is 9.97 Å². The van der Waals surface area contributed by atoms with Gasteiger partial charge in [0.25, 0.3) is 0 Å². The molecule has 3 aromatic rings. The molecule has 19 heavy (non-hydrogen) atoms. The number of benzene rings is 2. The third-order valence-corrected chi connectivity index (χ3v) is 3.11. The number of aromatic nitrogens is 2. The normalized spacial score (nSPS) is 10.6. The van der Waals surface area contributed by atoms with Crippen LogP contribution in [0.25, 0.3) is 22.6 Å². The summed E-state index contributed by atoms with van der Waals surface area (Å²) in [6.45, 7) is 0. The van der Waals surface area contributed by atoms with Gasteiger partial charge >= 0.3 is 0 Å². The molecule has 2 nitrogen and oxygen atoms in total. The third-order valence-electron chi connectivity index (χ3n) is 2.86. The predicted octanol–water partition coefficient (Wildman–Crippen LogP) is 4.54. The fourth-order valence-electron chi connectivity index (χ4n) is 1.89. The zero-order valence-electron chi connectivity index (χ0n) is 9.90. The van der Waals surface area contributed by atoms with Crippen molar-refractivity contribution >= 4 is 11.6 Å². The Labute approximate surface area is 114 Å². The summed E-state index contributed by atoms with van der Waals surface area (Å²) in [5.41, 5.74) is 2.25. The van der Waals surface area contributed by atoms with Crippen molar-refractivity contribution in [2.45, 2.75) is 0 Å². The van der Waals surface area contributed by atoms with Crippen molar-refractivity contribution in [3.05, 3.63) is 65.6 Å². The number of hydrogen-bond donors (Lipinski definition) is 1. The van der Waals surface area contributed by atoms with E-state index in [0.717, 1.165) is 11.3 Å². The molecule has 0 fully saturated rings. The van der Waals surface area contributed by atoms with Crippen molar-refractivity contribution in [3.63, 3.8) is 0 Å². The van der Waals surface area contributed by atoms with Crippen LogP contribution < -0.4 is 0 Å². The molecule has 0 spiro atoms. The first-order valence-corrected chi connectivity index (χ1v) is 6.18. The van der Waals surface area contributed by atoms with E-state index in [1.807, 2.05) is 12.1 Å². The summed E-state index contributed by atoms with van der Waals surface area (Å²) in [7, 11) is 0. The van der Waals surface area contributed by atoms with Crippen LogP contribution in [-0.4, -0.2) is 9.97 Å². The molecule has 0 aliphatic carbocycles. The van der Waals surface area contributed by atoms with E-state index in [9.17, 15) is 4.39 Å². The van der Waals surface area contributed by atoms with Crippen molar-refractivity contribution in [3.8, 4) is 22.6 Å². The molecule has 0 saturated carbocycles. The summed E-state index contributed by atoms with van der Waals surface area (Å²) >= 11 is 5.85. The van der Waals surface area contributed by atoms with Gasteiger partial charge in [0.05, 0.1) is 17.5 Å². The number of H-pyrrole nitrogens is 1. The molecule has 1 heterocycles. The van der Waals surface area contributed by atoms with E-state index < -0.39 is 0 Å². The van der Waals surface area contributed by atoms with Gasteiger partial charge in [0.1, 0.15) is 11.6 Å². The summed E-state index contributed by atoms with van der Waals surface area (Å²) in [6, 6.07) is 13.9. The van der Waals surface area contributed by atoms with Gasteiger partial charge in [-0.1, -0.05) is 35.9 Å². The van der Waals surface area contributed by atoms with Crippen molar-refractivity contribution < 1.29 is 4.39 Å². The first-order chi connectivity index (χ1) is 9.24. The topological polar surface area (TPSA) is 28.7 Å². The standard InChI is InChI=1S/C15H10ClFN2/c16-11-7-5-10(6-8-11)14-9-18-15(19-14)12-3-1-2-4-13(12)17/h1-9H,(H,18,19). The number of nitrogens with one attached hydrogen (secondary N) is 1. The summed E-state index contributed by atoms with van der Waals surface area (Å²) in [5.74, 6) is 0.225. The molecule has 1 N–H and O–H groups in total. The summed E-state index contributed by atoms with van der Waals surface area (Å²) < 4.78 is 13.7. The molecule has 3 rings (SSSR count). The van der Waals surface area contributed by atoms with Crippen molar-refractivity contribution in [2.75, 3.05) is 0 Å². The number of nitrogens with zero attached hydrogens (tertiary/aromatic N) is 1. The van der Waals surface area contributed by atoms with Gasteiger partial charge < -0.3 is 4.98 Å². The van der Waals surface area contributed by atoms with Crippen LogP contribution >= 0.6 is 11.6 Å². The average Bonchev–Trinajstić information content (AvgIpc) is 2.89. The fourth-order valence-corrected chi connectivity index (χ4v) is 2.01. The summed E-state index contributed by atoms with van der Waals surface area (Å²) in [5, 5.41) is 0.678. The Hall–Kier alpha value is -2.13. The monoisotopic (exact) mass is 272 g/mol. The fraction of sp³-hybridized carbons (Fsp3) is 0. The second-order valence-corrected chi connectivity index (χ2v) is 4.57. The van der Waals surface area contributed by atoms with Crippen LogP contribution in [-0.2, 0) is 0 Å². The Morgan fingerprint density at radius 2 is 1.74 bits per heavy atom. The maximum absolute atomic E-state index is 13.7. The van der Waals surface area contributed by atoms with E-state index in [1.165, 1.54) is 6.07 Å². The second kappa shape index (κ2) is 4.86. The minimum absolute atomic E-state index is 0.292. The van der Waals surface area contributed by atoms with Crippen LogP contribution in [0, 0.1) is 5.82 Å². The van der Waals surface area contributed by atoms with Gasteiger partial charge in [-0.25, -0.2) is 9.37 Å². The molecule has 0 aliphatic rings. The molecule has 2 aromatic carbocycles. The Bertz CT molecular complexity index is 704. The highest BCUT2D eigenvalue weighted by Gasteiger charge is 2.09. The number of imidazole rings is 1. The van der Waals surface area contributed by atoms with E-state index in [1.54, 1.807) is 36.5 Å². The van der Waals surface area contributed by atoms with Gasteiger partial charge in [0.2, 0.25) is 0 Å². The van der Waals surface area contributed by atoms with Crippen LogP contribution in [0.4, 0.5) is 4.39 Å². The molecule has 0 radical (unpaired) electrons.